The summed E-state index contributed by atoms with van der Waals surface area (Å²) in [5.74, 6) is -1.72. The summed E-state index contributed by atoms with van der Waals surface area (Å²) >= 11 is 0. The molecule has 1 aliphatic rings. The average Bonchev–Trinajstić information content (AvgIpc) is 3.29. The highest BCUT2D eigenvalue weighted by atomic mass is 16.5. The van der Waals surface area contributed by atoms with E-state index >= 15 is 0 Å². The van der Waals surface area contributed by atoms with Gasteiger partial charge < -0.3 is 14.8 Å². The Morgan fingerprint density at radius 2 is 1.30 bits per heavy atom. The van der Waals surface area contributed by atoms with Gasteiger partial charge in [-0.2, -0.15) is 5.10 Å². The fourth-order valence-electron chi connectivity index (χ4n) is 4.53. The lowest BCUT2D eigenvalue weighted by Crippen LogP contribution is -2.33. The normalized spacial score (nSPS) is 14.3. The third-order valence-electron chi connectivity index (χ3n) is 6.01. The van der Waals surface area contributed by atoms with Crippen LogP contribution in [0.3, 0.4) is 0 Å². The first kappa shape index (κ1) is 25.9. The van der Waals surface area contributed by atoms with E-state index in [-0.39, 0.29) is 12.2 Å². The summed E-state index contributed by atoms with van der Waals surface area (Å²) in [5.41, 5.74) is 5.08. The van der Waals surface area contributed by atoms with E-state index in [0.29, 0.717) is 33.8 Å². The number of para-hydroxylation sites is 1. The Bertz CT molecular complexity index is 1310. The zero-order valence-electron chi connectivity index (χ0n) is 22.1. The molecule has 1 aromatic heterocycles. The minimum atomic E-state index is -0.744. The molecule has 3 aromatic rings. The standard InChI is InChI=1S/C30H33N3O4/c1-18(2)36-29(34)25-20(5)31-21(6)26(30(35)37-19(3)4)27(25)24-17-33(23-15-11-8-12-16-23)32-28(24)22-13-9-7-10-14-22/h7-19,27,31H,1-6H3. The molecule has 0 amide bonds. The Morgan fingerprint density at radius 3 is 1.78 bits per heavy atom. The molecule has 2 heterocycles. The number of aromatic nitrogens is 2. The van der Waals surface area contributed by atoms with E-state index in [1.807, 2.05) is 80.7 Å². The van der Waals surface area contributed by atoms with Gasteiger partial charge in [0.15, 0.2) is 0 Å². The summed E-state index contributed by atoms with van der Waals surface area (Å²) in [4.78, 5) is 27.0. The number of hydrogen-bond acceptors (Lipinski definition) is 6. The van der Waals surface area contributed by atoms with Gasteiger partial charge in [0, 0.05) is 28.7 Å². The quantitative estimate of drug-likeness (QED) is 0.422. The van der Waals surface area contributed by atoms with Crippen molar-refractivity contribution in [3.63, 3.8) is 0 Å². The predicted octanol–water partition coefficient (Wildman–Crippen LogP) is 5.68. The third kappa shape index (κ3) is 5.50. The van der Waals surface area contributed by atoms with Crippen LogP contribution in [0.4, 0.5) is 0 Å². The van der Waals surface area contributed by atoms with Crippen LogP contribution in [0.15, 0.2) is 89.4 Å². The maximum atomic E-state index is 13.5. The minimum Gasteiger partial charge on any atom is -0.460 e. The van der Waals surface area contributed by atoms with Gasteiger partial charge in [-0.1, -0.05) is 48.5 Å². The topological polar surface area (TPSA) is 82.5 Å². The first-order chi connectivity index (χ1) is 17.7. The summed E-state index contributed by atoms with van der Waals surface area (Å²) in [5, 5.41) is 8.15. The Morgan fingerprint density at radius 1 is 0.811 bits per heavy atom. The molecule has 1 aliphatic heterocycles. The van der Waals surface area contributed by atoms with Crippen LogP contribution >= 0.6 is 0 Å². The van der Waals surface area contributed by atoms with Crippen LogP contribution in [0, 0.1) is 0 Å². The largest absolute Gasteiger partial charge is 0.460 e. The molecule has 0 atom stereocenters. The number of benzene rings is 2. The highest BCUT2D eigenvalue weighted by molar-refractivity contribution is 6.00. The van der Waals surface area contributed by atoms with Gasteiger partial charge in [-0.3, -0.25) is 0 Å². The molecular weight excluding hydrogens is 466 g/mol. The summed E-state index contributed by atoms with van der Waals surface area (Å²) in [7, 11) is 0. The second kappa shape index (κ2) is 10.9. The molecule has 0 saturated heterocycles. The molecule has 0 aliphatic carbocycles. The van der Waals surface area contributed by atoms with Crippen LogP contribution < -0.4 is 5.32 Å². The SMILES string of the molecule is CC1=C(C(=O)OC(C)C)C(c2cn(-c3ccccc3)nc2-c2ccccc2)C(C(=O)OC(C)C)=C(C)N1. The van der Waals surface area contributed by atoms with Crippen LogP contribution in [0.25, 0.3) is 16.9 Å². The van der Waals surface area contributed by atoms with Crippen molar-refractivity contribution in [1.29, 1.82) is 0 Å². The van der Waals surface area contributed by atoms with Crippen LogP contribution in [-0.2, 0) is 19.1 Å². The van der Waals surface area contributed by atoms with E-state index in [9.17, 15) is 9.59 Å². The molecule has 4 rings (SSSR count). The van der Waals surface area contributed by atoms with Crippen molar-refractivity contribution in [2.75, 3.05) is 0 Å². The van der Waals surface area contributed by atoms with E-state index < -0.39 is 17.9 Å². The highest BCUT2D eigenvalue weighted by Crippen LogP contribution is 2.43. The number of nitrogens with one attached hydrogen (secondary N) is 1. The van der Waals surface area contributed by atoms with E-state index in [4.69, 9.17) is 14.6 Å². The lowest BCUT2D eigenvalue weighted by Gasteiger charge is -2.31. The van der Waals surface area contributed by atoms with Crippen molar-refractivity contribution in [2.24, 2.45) is 0 Å². The van der Waals surface area contributed by atoms with E-state index in [2.05, 4.69) is 5.32 Å². The molecular formula is C30H33N3O4. The third-order valence-corrected chi connectivity index (χ3v) is 6.01. The fraction of sp³-hybridized carbons (Fsp3) is 0.300. The molecule has 37 heavy (non-hydrogen) atoms. The molecule has 0 spiro atoms. The second-order valence-corrected chi connectivity index (χ2v) is 9.62. The number of dihydropyridines is 1. The molecule has 7 heteroatoms. The maximum absolute atomic E-state index is 13.5. The fourth-order valence-corrected chi connectivity index (χ4v) is 4.53. The number of esters is 2. The maximum Gasteiger partial charge on any atom is 0.337 e. The first-order valence-corrected chi connectivity index (χ1v) is 12.5. The Kier molecular flexibility index (Phi) is 7.62. The van der Waals surface area contributed by atoms with Crippen molar-refractivity contribution >= 4 is 11.9 Å². The molecule has 0 fully saturated rings. The van der Waals surface area contributed by atoms with Crippen LogP contribution in [-0.4, -0.2) is 33.9 Å². The number of allylic oxidation sites excluding steroid dienone is 2. The number of hydrogen-bond donors (Lipinski definition) is 1. The van der Waals surface area contributed by atoms with Gasteiger partial charge in [0.25, 0.3) is 0 Å². The second-order valence-electron chi connectivity index (χ2n) is 9.62. The van der Waals surface area contributed by atoms with Crippen molar-refractivity contribution in [3.8, 4) is 16.9 Å². The Hall–Kier alpha value is -4.13. The molecule has 0 unspecified atom stereocenters. The Balaban J connectivity index is 1.99. The number of carbonyl (C=O) groups is 2. The van der Waals surface area contributed by atoms with Crippen LogP contribution in [0.2, 0.25) is 0 Å². The van der Waals surface area contributed by atoms with Crippen molar-refractivity contribution in [2.45, 2.75) is 59.7 Å². The lowest BCUT2D eigenvalue weighted by atomic mass is 9.79. The summed E-state index contributed by atoms with van der Waals surface area (Å²) in [6.45, 7) is 10.9. The van der Waals surface area contributed by atoms with E-state index in [1.54, 1.807) is 32.4 Å². The molecule has 192 valence electrons. The van der Waals surface area contributed by atoms with Gasteiger partial charge in [-0.15, -0.1) is 0 Å². The monoisotopic (exact) mass is 499 g/mol. The molecule has 1 N–H and O–H groups in total. The van der Waals surface area contributed by atoms with Crippen molar-refractivity contribution in [1.82, 2.24) is 15.1 Å². The zero-order chi connectivity index (χ0) is 26.7. The van der Waals surface area contributed by atoms with Crippen molar-refractivity contribution in [3.05, 3.63) is 95.0 Å². The van der Waals surface area contributed by atoms with Gasteiger partial charge in [0.2, 0.25) is 0 Å². The number of ether oxygens (including phenoxy) is 2. The summed E-state index contributed by atoms with van der Waals surface area (Å²) < 4.78 is 13.1. The van der Waals surface area contributed by atoms with Gasteiger partial charge >= 0.3 is 11.9 Å². The predicted molar refractivity (Wildman–Crippen MR) is 143 cm³/mol. The smallest absolute Gasteiger partial charge is 0.337 e. The van der Waals surface area contributed by atoms with Gasteiger partial charge in [0.1, 0.15) is 0 Å². The average molecular weight is 500 g/mol. The van der Waals surface area contributed by atoms with Crippen LogP contribution in [0.1, 0.15) is 53.0 Å². The lowest BCUT2D eigenvalue weighted by molar-refractivity contribution is -0.143. The highest BCUT2D eigenvalue weighted by Gasteiger charge is 2.40. The van der Waals surface area contributed by atoms with Gasteiger partial charge in [-0.25, -0.2) is 14.3 Å². The molecule has 0 bridgehead atoms. The number of nitrogens with zero attached hydrogens (tertiary/aromatic N) is 2. The zero-order valence-corrected chi connectivity index (χ0v) is 22.1. The number of rotatable bonds is 7. The van der Waals surface area contributed by atoms with Gasteiger partial charge in [-0.05, 0) is 53.7 Å². The van der Waals surface area contributed by atoms with E-state index in [1.165, 1.54) is 0 Å². The van der Waals surface area contributed by atoms with E-state index in [0.717, 1.165) is 11.3 Å². The molecule has 7 nitrogen and oxygen atoms in total. The van der Waals surface area contributed by atoms with Crippen LogP contribution in [0.5, 0.6) is 0 Å². The number of carbonyl (C=O) groups excluding carboxylic acids is 2. The minimum absolute atomic E-state index is 0.327. The summed E-state index contributed by atoms with van der Waals surface area (Å²) in [6, 6.07) is 19.5. The molecule has 2 aromatic carbocycles. The Labute approximate surface area is 217 Å². The molecule has 0 radical (unpaired) electrons. The van der Waals surface area contributed by atoms with Gasteiger partial charge in [0.05, 0.1) is 40.7 Å². The van der Waals surface area contributed by atoms with Crippen molar-refractivity contribution < 1.29 is 19.1 Å². The summed E-state index contributed by atoms with van der Waals surface area (Å²) in [6.07, 6.45) is 1.23. The first-order valence-electron chi connectivity index (χ1n) is 12.5. The molecule has 0 saturated carbocycles.